The summed E-state index contributed by atoms with van der Waals surface area (Å²) >= 11 is 0. The fraction of sp³-hybridized carbons (Fsp3) is 0.577. The van der Waals surface area contributed by atoms with Crippen LogP contribution in [0.2, 0.25) is 0 Å². The number of nitrogens with zero attached hydrogens (tertiary/aromatic N) is 4. The van der Waals surface area contributed by atoms with E-state index in [2.05, 4.69) is 31.8 Å². The van der Waals surface area contributed by atoms with Crippen LogP contribution in [0.15, 0.2) is 30.6 Å². The normalized spacial score (nSPS) is 22.6. The van der Waals surface area contributed by atoms with Gasteiger partial charge in [-0.3, -0.25) is 4.79 Å². The summed E-state index contributed by atoms with van der Waals surface area (Å²) in [6.45, 7) is 5.51. The van der Waals surface area contributed by atoms with Crippen LogP contribution >= 0.6 is 0 Å². The Morgan fingerprint density at radius 2 is 1.86 bits per heavy atom. The molecule has 1 aliphatic heterocycles. The van der Waals surface area contributed by atoms with Gasteiger partial charge in [-0.15, -0.1) is 13.2 Å². The van der Waals surface area contributed by atoms with Gasteiger partial charge in [0.15, 0.2) is 0 Å². The highest BCUT2D eigenvalue weighted by Crippen LogP contribution is 2.42. The molecule has 3 aliphatic rings. The highest BCUT2D eigenvalue weighted by molar-refractivity contribution is 5.84. The molecule has 1 aromatic carbocycles. The Morgan fingerprint density at radius 1 is 1.16 bits per heavy atom. The Morgan fingerprint density at radius 3 is 2.51 bits per heavy atom. The second kappa shape index (κ2) is 10.4. The highest BCUT2D eigenvalue weighted by Gasteiger charge is 2.35. The van der Waals surface area contributed by atoms with E-state index in [1.165, 1.54) is 43.4 Å². The molecule has 2 aromatic rings. The molecule has 0 spiro atoms. The summed E-state index contributed by atoms with van der Waals surface area (Å²) < 4.78 is 41.7. The molecule has 1 saturated heterocycles. The molecule has 1 aromatic heterocycles. The third-order valence-corrected chi connectivity index (χ3v) is 7.46. The molecule has 200 valence electrons. The van der Waals surface area contributed by atoms with E-state index in [1.807, 2.05) is 4.90 Å². The summed E-state index contributed by atoms with van der Waals surface area (Å²) in [4.78, 5) is 26.4. The quantitative estimate of drug-likeness (QED) is 0.553. The molecule has 2 heterocycles. The van der Waals surface area contributed by atoms with Crippen LogP contribution in [0.25, 0.3) is 0 Å². The zero-order valence-electron chi connectivity index (χ0n) is 20.7. The maximum absolute atomic E-state index is 13.6. The number of nitrogens with one attached hydrogen (secondary N) is 1. The number of carbonyl (C=O) groups excluding carboxylic acids is 1. The van der Waals surface area contributed by atoms with Crippen LogP contribution in [-0.4, -0.2) is 71.5 Å². The number of rotatable bonds is 8. The summed E-state index contributed by atoms with van der Waals surface area (Å²) in [5.41, 5.74) is 2.33. The predicted octanol–water partition coefficient (Wildman–Crippen LogP) is 3.35. The van der Waals surface area contributed by atoms with Crippen molar-refractivity contribution < 1.29 is 27.8 Å². The van der Waals surface area contributed by atoms with Crippen molar-refractivity contribution in [2.24, 2.45) is 5.92 Å². The monoisotopic (exact) mass is 519 g/mol. The molecule has 0 bridgehead atoms. The van der Waals surface area contributed by atoms with Crippen molar-refractivity contribution >= 4 is 11.7 Å². The van der Waals surface area contributed by atoms with Crippen LogP contribution in [0.4, 0.5) is 19.0 Å². The summed E-state index contributed by atoms with van der Waals surface area (Å²) in [5, 5.41) is 13.7. The number of carbonyl (C=O) groups is 1. The molecule has 0 radical (unpaired) electrons. The van der Waals surface area contributed by atoms with Crippen molar-refractivity contribution in [1.29, 1.82) is 0 Å². The zero-order chi connectivity index (χ0) is 26.2. The summed E-state index contributed by atoms with van der Waals surface area (Å²) in [5.74, 6) is 0.750. The molecule has 37 heavy (non-hydrogen) atoms. The Kier molecular flexibility index (Phi) is 7.26. The predicted molar refractivity (Wildman–Crippen MR) is 130 cm³/mol. The van der Waals surface area contributed by atoms with Gasteiger partial charge in [-0.05, 0) is 55.3 Å². The third kappa shape index (κ3) is 5.98. The first-order chi connectivity index (χ1) is 17.7. The molecule has 1 amide bonds. The van der Waals surface area contributed by atoms with Gasteiger partial charge in [0.25, 0.3) is 0 Å². The number of ether oxygens (including phenoxy) is 1. The Balaban J connectivity index is 1.27. The van der Waals surface area contributed by atoms with Gasteiger partial charge in [-0.1, -0.05) is 19.1 Å². The molecular weight excluding hydrogens is 487 g/mol. The van der Waals surface area contributed by atoms with Crippen molar-refractivity contribution in [3.63, 3.8) is 0 Å². The summed E-state index contributed by atoms with van der Waals surface area (Å²) in [6, 6.07) is 5.59. The molecule has 1 saturated carbocycles. The van der Waals surface area contributed by atoms with Gasteiger partial charge in [0, 0.05) is 38.3 Å². The van der Waals surface area contributed by atoms with Crippen LogP contribution in [0, 0.1) is 5.92 Å². The molecule has 1 unspecified atom stereocenters. The van der Waals surface area contributed by atoms with E-state index in [0.29, 0.717) is 56.3 Å². The standard InChI is InChI=1S/C26H32F3N5O3/c1-16-12-21(35)23-22(16)24(32-15-31-23)33-8-10-34(11-9-33)25(36)20(14-30-13-17-2-3-17)18-4-6-19(7-5-18)37-26(27,28)29/h4-7,15-17,20-21,30,35H,2-3,8-14H2,1H3/t16-,20?,21-/m1/s1. The first-order valence-electron chi connectivity index (χ1n) is 12.8. The van der Waals surface area contributed by atoms with E-state index in [-0.39, 0.29) is 17.6 Å². The van der Waals surface area contributed by atoms with Gasteiger partial charge in [0.2, 0.25) is 5.91 Å². The number of aliphatic hydroxyl groups is 1. The van der Waals surface area contributed by atoms with Crippen molar-refractivity contribution in [3.05, 3.63) is 47.4 Å². The van der Waals surface area contributed by atoms with E-state index in [4.69, 9.17) is 0 Å². The van der Waals surface area contributed by atoms with E-state index in [1.54, 1.807) is 0 Å². The molecule has 3 atom stereocenters. The van der Waals surface area contributed by atoms with E-state index < -0.39 is 18.4 Å². The minimum atomic E-state index is -4.76. The number of fused-ring (bicyclic) bond motifs is 1. The first-order valence-corrected chi connectivity index (χ1v) is 12.8. The van der Waals surface area contributed by atoms with Gasteiger partial charge in [-0.25, -0.2) is 9.97 Å². The van der Waals surface area contributed by atoms with Crippen LogP contribution in [-0.2, 0) is 4.79 Å². The number of piperazine rings is 1. The van der Waals surface area contributed by atoms with E-state index in [0.717, 1.165) is 17.9 Å². The maximum Gasteiger partial charge on any atom is 0.573 e. The minimum absolute atomic E-state index is 0.0517. The maximum atomic E-state index is 13.6. The highest BCUT2D eigenvalue weighted by atomic mass is 19.4. The number of hydrogen-bond acceptors (Lipinski definition) is 7. The number of hydrogen-bond donors (Lipinski definition) is 2. The molecule has 5 rings (SSSR count). The van der Waals surface area contributed by atoms with Gasteiger partial charge >= 0.3 is 6.36 Å². The molecule has 2 N–H and O–H groups in total. The van der Waals surface area contributed by atoms with Crippen molar-refractivity contribution in [2.45, 2.75) is 50.5 Å². The number of halogens is 3. The van der Waals surface area contributed by atoms with Crippen molar-refractivity contribution in [2.75, 3.05) is 44.2 Å². The molecule has 8 nitrogen and oxygen atoms in total. The number of benzene rings is 1. The average Bonchev–Trinajstić information content (AvgIpc) is 3.65. The first kappa shape index (κ1) is 25.7. The lowest BCUT2D eigenvalue weighted by atomic mass is 9.96. The number of alkyl halides is 3. The van der Waals surface area contributed by atoms with Gasteiger partial charge in [0.05, 0.1) is 17.7 Å². The van der Waals surface area contributed by atoms with Crippen molar-refractivity contribution in [1.82, 2.24) is 20.2 Å². The van der Waals surface area contributed by atoms with Crippen LogP contribution in [0.5, 0.6) is 5.75 Å². The lowest BCUT2D eigenvalue weighted by molar-refractivity contribution is -0.274. The summed E-state index contributed by atoms with van der Waals surface area (Å²) in [6.07, 6.45) is -0.866. The van der Waals surface area contributed by atoms with Crippen LogP contribution < -0.4 is 15.0 Å². The van der Waals surface area contributed by atoms with Crippen LogP contribution in [0.1, 0.15) is 60.9 Å². The number of aromatic nitrogens is 2. The lowest BCUT2D eigenvalue weighted by Crippen LogP contribution is -2.51. The molecular formula is C26H32F3N5O3. The van der Waals surface area contributed by atoms with E-state index in [9.17, 15) is 23.1 Å². The topological polar surface area (TPSA) is 90.8 Å². The number of amides is 1. The number of aliphatic hydroxyl groups excluding tert-OH is 1. The molecule has 2 fully saturated rings. The van der Waals surface area contributed by atoms with Crippen LogP contribution in [0.3, 0.4) is 0 Å². The Hall–Kier alpha value is -2.92. The fourth-order valence-electron chi connectivity index (χ4n) is 5.32. The molecule has 11 heteroatoms. The second-order valence-corrected chi connectivity index (χ2v) is 10.2. The Labute approximate surface area is 213 Å². The fourth-order valence-corrected chi connectivity index (χ4v) is 5.32. The SMILES string of the molecule is C[C@@H]1C[C@@H](O)c2ncnc(N3CCN(C(=O)C(CNCC4CC4)c4ccc(OC(F)(F)F)cc4)CC3)c21. The minimum Gasteiger partial charge on any atom is -0.406 e. The smallest absolute Gasteiger partial charge is 0.406 e. The lowest BCUT2D eigenvalue weighted by Gasteiger charge is -2.38. The van der Waals surface area contributed by atoms with E-state index >= 15 is 0 Å². The summed E-state index contributed by atoms with van der Waals surface area (Å²) in [7, 11) is 0. The van der Waals surface area contributed by atoms with Gasteiger partial charge in [-0.2, -0.15) is 0 Å². The zero-order valence-corrected chi connectivity index (χ0v) is 20.7. The van der Waals surface area contributed by atoms with Gasteiger partial charge < -0.3 is 25.0 Å². The van der Waals surface area contributed by atoms with Gasteiger partial charge in [0.1, 0.15) is 17.9 Å². The van der Waals surface area contributed by atoms with Crippen molar-refractivity contribution in [3.8, 4) is 5.75 Å². The number of anilines is 1. The largest absolute Gasteiger partial charge is 0.573 e. The average molecular weight is 520 g/mol. The Bertz CT molecular complexity index is 1100. The molecule has 2 aliphatic carbocycles. The third-order valence-electron chi connectivity index (χ3n) is 7.46. The second-order valence-electron chi connectivity index (χ2n) is 10.2.